The van der Waals surface area contributed by atoms with Gasteiger partial charge in [-0.05, 0) is 119 Å². The van der Waals surface area contributed by atoms with Crippen molar-refractivity contribution in [1.82, 2.24) is 36.4 Å². The van der Waals surface area contributed by atoms with Crippen LogP contribution in [-0.4, -0.2) is 73.0 Å². The Bertz CT molecular complexity index is 829. The van der Waals surface area contributed by atoms with Crippen LogP contribution in [0.4, 0.5) is 0 Å². The minimum atomic E-state index is 0.441. The predicted molar refractivity (Wildman–Crippen MR) is 168 cm³/mol. The van der Waals surface area contributed by atoms with Crippen molar-refractivity contribution in [1.29, 1.82) is 0 Å². The molecule has 4 aliphatic heterocycles. The lowest BCUT2D eigenvalue weighted by Crippen LogP contribution is -2.60. The van der Waals surface area contributed by atoms with Crippen LogP contribution >= 0.6 is 0 Å². The summed E-state index contributed by atoms with van der Waals surface area (Å²) < 4.78 is 0. The van der Waals surface area contributed by atoms with Crippen LogP contribution < -0.4 is 26.6 Å². The maximum absolute atomic E-state index is 4.48. The summed E-state index contributed by atoms with van der Waals surface area (Å²) >= 11 is 0. The molecule has 7 heteroatoms. The Morgan fingerprint density at radius 2 is 0.667 bits per heavy atom. The Hall–Kier alpha value is -0.280. The van der Waals surface area contributed by atoms with Crippen LogP contribution in [0.15, 0.2) is 0 Å². The molecule has 9 aliphatic rings. The van der Waals surface area contributed by atoms with Gasteiger partial charge in [-0.3, -0.25) is 36.4 Å². The Morgan fingerprint density at radius 3 is 1.05 bits per heavy atom. The Kier molecular flexibility index (Phi) is 7.47. The van der Waals surface area contributed by atoms with Gasteiger partial charge in [0.25, 0.3) is 0 Å². The number of nitrogens with zero attached hydrogens (tertiary/aromatic N) is 2. The Balaban J connectivity index is 1.09. The van der Waals surface area contributed by atoms with E-state index < -0.39 is 0 Å². The molecule has 0 aromatic heterocycles. The van der Waals surface area contributed by atoms with Gasteiger partial charge in [0.2, 0.25) is 0 Å². The molecule has 0 spiro atoms. The smallest absolute Gasteiger partial charge is 0.0652 e. The summed E-state index contributed by atoms with van der Waals surface area (Å²) in [6.45, 7) is 0. The average Bonchev–Trinajstić information content (AvgIpc) is 3.71. The van der Waals surface area contributed by atoms with Crippen molar-refractivity contribution in [3.05, 3.63) is 0 Å². The van der Waals surface area contributed by atoms with Crippen LogP contribution in [0, 0.1) is 47.3 Å². The van der Waals surface area contributed by atoms with E-state index in [0.717, 1.165) is 47.3 Å². The van der Waals surface area contributed by atoms with Gasteiger partial charge in [-0.15, -0.1) is 0 Å². The van der Waals surface area contributed by atoms with Crippen LogP contribution in [0.5, 0.6) is 0 Å². The zero-order chi connectivity index (χ0) is 27.9. The van der Waals surface area contributed by atoms with E-state index in [4.69, 9.17) is 0 Å². The number of nitrogens with one attached hydrogen (secondary N) is 5. The molecular weight excluding hydrogens is 518 g/mol. The quantitative estimate of drug-likeness (QED) is 0.295. The molecule has 7 nitrogen and oxygen atoms in total. The van der Waals surface area contributed by atoms with Gasteiger partial charge in [-0.25, -0.2) is 0 Å². The summed E-state index contributed by atoms with van der Waals surface area (Å²) in [7, 11) is 4.95. The second-order valence-electron chi connectivity index (χ2n) is 16.8. The van der Waals surface area contributed by atoms with Gasteiger partial charge in [0, 0.05) is 12.1 Å². The topological polar surface area (TPSA) is 66.6 Å². The molecule has 0 amide bonds. The lowest BCUT2D eigenvalue weighted by Gasteiger charge is -2.38. The minimum absolute atomic E-state index is 0.441. The third-order valence-electron chi connectivity index (χ3n) is 15.1. The molecular formula is C35H61N7. The number of hydrogen-bond acceptors (Lipinski definition) is 7. The number of fused-ring (bicyclic) bond motifs is 20. The van der Waals surface area contributed by atoms with Crippen molar-refractivity contribution < 1.29 is 0 Å². The molecule has 5 aliphatic carbocycles. The first-order valence-electron chi connectivity index (χ1n) is 18.9. The molecule has 4 heterocycles. The van der Waals surface area contributed by atoms with Crippen molar-refractivity contribution in [2.45, 2.75) is 158 Å². The van der Waals surface area contributed by atoms with Gasteiger partial charge in [0.15, 0.2) is 0 Å². The van der Waals surface area contributed by atoms with Crippen molar-refractivity contribution in [2.24, 2.45) is 47.3 Å². The van der Waals surface area contributed by atoms with E-state index in [0.29, 0.717) is 49.1 Å². The van der Waals surface area contributed by atoms with Gasteiger partial charge >= 0.3 is 0 Å². The molecule has 0 aromatic rings. The van der Waals surface area contributed by atoms with Crippen LogP contribution in [0.3, 0.4) is 0 Å². The highest BCUT2D eigenvalue weighted by molar-refractivity contribution is 5.09. The van der Waals surface area contributed by atoms with E-state index in [-0.39, 0.29) is 0 Å². The van der Waals surface area contributed by atoms with E-state index in [1.165, 1.54) is 109 Å². The summed E-state index contributed by atoms with van der Waals surface area (Å²) in [4.78, 5) is 5.61. The third-order valence-corrected chi connectivity index (χ3v) is 15.1. The molecule has 8 bridgehead atoms. The molecule has 5 saturated carbocycles. The fraction of sp³-hybridized carbons (Fsp3) is 1.00. The zero-order valence-corrected chi connectivity index (χ0v) is 26.7. The highest BCUT2D eigenvalue weighted by atomic mass is 15.4. The summed E-state index contributed by atoms with van der Waals surface area (Å²) in [5, 5.41) is 22.0. The molecule has 236 valence electrons. The molecule has 4 saturated heterocycles. The van der Waals surface area contributed by atoms with Gasteiger partial charge in [0.05, 0.1) is 37.0 Å². The van der Waals surface area contributed by atoms with Crippen molar-refractivity contribution in [2.75, 3.05) is 14.1 Å². The largest absolute Gasteiger partial charge is 0.298 e. The molecule has 42 heavy (non-hydrogen) atoms. The lowest BCUT2D eigenvalue weighted by molar-refractivity contribution is 0.110. The van der Waals surface area contributed by atoms with E-state index in [1.807, 2.05) is 0 Å². The molecule has 0 aromatic carbocycles. The summed E-state index contributed by atoms with van der Waals surface area (Å²) in [5.74, 6) is 6.41. The first-order chi connectivity index (χ1) is 20.7. The van der Waals surface area contributed by atoms with Gasteiger partial charge in [-0.2, -0.15) is 0 Å². The van der Waals surface area contributed by atoms with Crippen molar-refractivity contribution >= 4 is 0 Å². The zero-order valence-electron chi connectivity index (χ0n) is 26.7. The first-order valence-corrected chi connectivity index (χ1v) is 18.9. The van der Waals surface area contributed by atoms with E-state index >= 15 is 0 Å². The third kappa shape index (κ3) is 4.45. The summed E-state index contributed by atoms with van der Waals surface area (Å²) in [6, 6.07) is 1.35. The van der Waals surface area contributed by atoms with Crippen LogP contribution in [-0.2, 0) is 0 Å². The fourth-order valence-corrected chi connectivity index (χ4v) is 13.3. The van der Waals surface area contributed by atoms with Gasteiger partial charge in [0.1, 0.15) is 0 Å². The average molecular weight is 580 g/mol. The summed E-state index contributed by atoms with van der Waals surface area (Å²) in [5.41, 5.74) is 0. The highest BCUT2D eigenvalue weighted by Gasteiger charge is 2.56. The summed E-state index contributed by atoms with van der Waals surface area (Å²) in [6.07, 6.45) is 27.0. The van der Waals surface area contributed by atoms with Gasteiger partial charge < -0.3 is 0 Å². The van der Waals surface area contributed by atoms with Crippen molar-refractivity contribution in [3.63, 3.8) is 0 Å². The number of rotatable bonds is 0. The van der Waals surface area contributed by atoms with E-state index in [2.05, 4.69) is 50.5 Å². The lowest BCUT2D eigenvalue weighted by atomic mass is 9.76. The van der Waals surface area contributed by atoms with E-state index in [1.54, 1.807) is 0 Å². The molecule has 9 rings (SSSR count). The normalized spacial score (nSPS) is 56.4. The second-order valence-corrected chi connectivity index (χ2v) is 16.8. The standard InChI is InChI=1S/C35H61N7/c1-41-32-24-15-7-9-17-26(24)34(41)39-30-22-13-5-6-14-23(22)31(38-30)40-35-27-18-10-8-16-25(27)33(42(35)2)37-29-19-28(36-32)20-11-3-4-12-21(20)29/h20-40H,3-19H2,1-2H3. The SMILES string of the molecule is CN1C2NC3CC(NC4C5CCCCC5C(NC5NC(NC1C1CCCCC12)C1CCCCC51)N4C)C1CCCCC31. The first kappa shape index (κ1) is 28.0. The molecule has 9 fully saturated rings. The van der Waals surface area contributed by atoms with Crippen molar-refractivity contribution in [3.8, 4) is 0 Å². The molecule has 0 radical (unpaired) electrons. The Labute approximate surface area is 255 Å². The van der Waals surface area contributed by atoms with Gasteiger partial charge in [-0.1, -0.05) is 51.4 Å². The second kappa shape index (κ2) is 11.2. The van der Waals surface area contributed by atoms with Crippen LogP contribution in [0.1, 0.15) is 109 Å². The molecule has 16 atom stereocenters. The molecule has 16 unspecified atom stereocenters. The fourth-order valence-electron chi connectivity index (χ4n) is 13.3. The van der Waals surface area contributed by atoms with E-state index in [9.17, 15) is 0 Å². The minimum Gasteiger partial charge on any atom is -0.298 e. The van der Waals surface area contributed by atoms with Crippen LogP contribution in [0.2, 0.25) is 0 Å². The van der Waals surface area contributed by atoms with Crippen LogP contribution in [0.25, 0.3) is 0 Å². The molecule has 5 N–H and O–H groups in total. The number of hydrogen-bond donors (Lipinski definition) is 5. The highest BCUT2D eigenvalue weighted by Crippen LogP contribution is 2.49. The maximum Gasteiger partial charge on any atom is 0.0652 e. The predicted octanol–water partition coefficient (Wildman–Crippen LogP) is 4.18. The monoisotopic (exact) mass is 579 g/mol. The Morgan fingerprint density at radius 1 is 0.357 bits per heavy atom. The maximum atomic E-state index is 4.48.